The average molecular weight is 185 g/mol. The Hall–Kier alpha value is -0.770. The molecule has 0 bridgehead atoms. The zero-order chi connectivity index (χ0) is 9.68. The van der Waals surface area contributed by atoms with Gasteiger partial charge < -0.3 is 15.5 Å². The van der Waals surface area contributed by atoms with Crippen LogP contribution in [0, 0.1) is 0 Å². The molecule has 0 aromatic rings. The number of urea groups is 1. The fourth-order valence-corrected chi connectivity index (χ4v) is 1.49. The second-order valence-electron chi connectivity index (χ2n) is 3.49. The third kappa shape index (κ3) is 2.88. The predicted molar refractivity (Wildman–Crippen MR) is 52.7 cm³/mol. The molecule has 0 radical (unpaired) electrons. The van der Waals surface area contributed by atoms with Crippen molar-refractivity contribution in [3.63, 3.8) is 0 Å². The van der Waals surface area contributed by atoms with E-state index in [1.54, 1.807) is 4.90 Å². The molecule has 2 amide bonds. The number of carbonyl (C=O) groups is 1. The predicted octanol–water partition coefficient (Wildman–Crippen LogP) is 0.400. The Labute approximate surface area is 79.7 Å². The van der Waals surface area contributed by atoms with Gasteiger partial charge in [0.1, 0.15) is 0 Å². The van der Waals surface area contributed by atoms with Crippen LogP contribution in [0.2, 0.25) is 0 Å². The van der Waals surface area contributed by atoms with Crippen molar-refractivity contribution < 1.29 is 4.79 Å². The quantitative estimate of drug-likeness (QED) is 0.668. The summed E-state index contributed by atoms with van der Waals surface area (Å²) in [5.41, 5.74) is 0. The lowest BCUT2D eigenvalue weighted by Crippen LogP contribution is -2.44. The smallest absolute Gasteiger partial charge is 0.317 e. The fraction of sp³-hybridized carbons (Fsp3) is 0.889. The third-order valence-electron chi connectivity index (χ3n) is 2.43. The Morgan fingerprint density at radius 2 is 2.46 bits per heavy atom. The van der Waals surface area contributed by atoms with Crippen LogP contribution in [0.1, 0.15) is 19.8 Å². The molecular formula is C9H19N3O. The van der Waals surface area contributed by atoms with Gasteiger partial charge in [-0.3, -0.25) is 0 Å². The summed E-state index contributed by atoms with van der Waals surface area (Å²) in [6.45, 7) is 4.77. The number of likely N-dealkylation sites (N-methyl/N-ethyl adjacent to an activating group) is 1. The molecule has 0 aromatic carbocycles. The maximum atomic E-state index is 11.5. The van der Waals surface area contributed by atoms with Crippen LogP contribution in [-0.2, 0) is 0 Å². The summed E-state index contributed by atoms with van der Waals surface area (Å²) < 4.78 is 0. The van der Waals surface area contributed by atoms with E-state index in [0.717, 1.165) is 32.5 Å². The van der Waals surface area contributed by atoms with Crippen LogP contribution in [0.4, 0.5) is 4.79 Å². The average Bonchev–Trinajstić information content (AvgIpc) is 2.65. The van der Waals surface area contributed by atoms with Gasteiger partial charge in [-0.05, 0) is 19.4 Å². The van der Waals surface area contributed by atoms with Gasteiger partial charge in [-0.1, -0.05) is 6.92 Å². The molecule has 1 aliphatic heterocycles. The highest BCUT2D eigenvalue weighted by molar-refractivity contribution is 5.74. The van der Waals surface area contributed by atoms with Crippen molar-refractivity contribution in [2.75, 3.05) is 26.7 Å². The second-order valence-corrected chi connectivity index (χ2v) is 3.49. The van der Waals surface area contributed by atoms with Crippen LogP contribution in [0.25, 0.3) is 0 Å². The minimum absolute atomic E-state index is 0.0514. The van der Waals surface area contributed by atoms with Gasteiger partial charge in [0.25, 0.3) is 0 Å². The van der Waals surface area contributed by atoms with Gasteiger partial charge in [0, 0.05) is 26.2 Å². The summed E-state index contributed by atoms with van der Waals surface area (Å²) in [6, 6.07) is 0.424. The van der Waals surface area contributed by atoms with Crippen LogP contribution in [0.15, 0.2) is 0 Å². The number of hydrogen-bond acceptors (Lipinski definition) is 2. The molecule has 1 saturated heterocycles. The molecule has 1 unspecified atom stereocenters. The van der Waals surface area contributed by atoms with Gasteiger partial charge in [-0.15, -0.1) is 0 Å². The molecule has 0 aromatic heterocycles. The molecule has 4 heteroatoms. The van der Waals surface area contributed by atoms with E-state index < -0.39 is 0 Å². The highest BCUT2D eigenvalue weighted by atomic mass is 16.2. The SMILES string of the molecule is CCCNC(=O)N(C)C1CCNC1. The van der Waals surface area contributed by atoms with E-state index >= 15 is 0 Å². The molecule has 4 nitrogen and oxygen atoms in total. The molecule has 1 atom stereocenters. The minimum Gasteiger partial charge on any atom is -0.338 e. The van der Waals surface area contributed by atoms with Crippen molar-refractivity contribution in [1.29, 1.82) is 0 Å². The fourth-order valence-electron chi connectivity index (χ4n) is 1.49. The molecule has 1 rings (SSSR count). The zero-order valence-corrected chi connectivity index (χ0v) is 8.47. The second kappa shape index (κ2) is 5.07. The maximum absolute atomic E-state index is 11.5. The maximum Gasteiger partial charge on any atom is 0.317 e. The summed E-state index contributed by atoms with van der Waals surface area (Å²) in [7, 11) is 1.86. The summed E-state index contributed by atoms with van der Waals surface area (Å²) in [5.74, 6) is 0. The minimum atomic E-state index is 0.0514. The molecule has 0 saturated carbocycles. The van der Waals surface area contributed by atoms with Crippen molar-refractivity contribution in [3.8, 4) is 0 Å². The molecule has 76 valence electrons. The largest absolute Gasteiger partial charge is 0.338 e. The van der Waals surface area contributed by atoms with Crippen LogP contribution >= 0.6 is 0 Å². The van der Waals surface area contributed by atoms with Crippen molar-refractivity contribution in [1.82, 2.24) is 15.5 Å². The summed E-state index contributed by atoms with van der Waals surface area (Å²) in [4.78, 5) is 13.3. The first-order valence-corrected chi connectivity index (χ1v) is 4.97. The Morgan fingerprint density at radius 1 is 1.69 bits per heavy atom. The van der Waals surface area contributed by atoms with Crippen LogP contribution in [0.5, 0.6) is 0 Å². The normalized spacial score (nSPS) is 21.5. The van der Waals surface area contributed by atoms with Crippen LogP contribution in [-0.4, -0.2) is 43.7 Å². The Morgan fingerprint density at radius 3 is 3.00 bits per heavy atom. The lowest BCUT2D eigenvalue weighted by molar-refractivity contribution is 0.194. The first-order valence-electron chi connectivity index (χ1n) is 4.97. The summed E-state index contributed by atoms with van der Waals surface area (Å²) >= 11 is 0. The van der Waals surface area contributed by atoms with E-state index in [1.165, 1.54) is 0 Å². The van der Waals surface area contributed by atoms with Crippen molar-refractivity contribution in [3.05, 3.63) is 0 Å². The lowest BCUT2D eigenvalue weighted by Gasteiger charge is -2.23. The first-order chi connectivity index (χ1) is 6.25. The van der Waals surface area contributed by atoms with Crippen molar-refractivity contribution in [2.45, 2.75) is 25.8 Å². The summed E-state index contributed by atoms with van der Waals surface area (Å²) in [6.07, 6.45) is 2.05. The number of nitrogens with zero attached hydrogens (tertiary/aromatic N) is 1. The zero-order valence-electron chi connectivity index (χ0n) is 8.47. The van der Waals surface area contributed by atoms with E-state index in [4.69, 9.17) is 0 Å². The van der Waals surface area contributed by atoms with E-state index in [1.807, 2.05) is 7.05 Å². The third-order valence-corrected chi connectivity index (χ3v) is 2.43. The number of hydrogen-bond donors (Lipinski definition) is 2. The Balaban J connectivity index is 2.28. The Bertz CT molecular complexity index is 166. The van der Waals surface area contributed by atoms with E-state index in [9.17, 15) is 4.79 Å². The van der Waals surface area contributed by atoms with Crippen molar-refractivity contribution >= 4 is 6.03 Å². The van der Waals surface area contributed by atoms with Crippen LogP contribution in [0.3, 0.4) is 0 Å². The van der Waals surface area contributed by atoms with E-state index in [2.05, 4.69) is 17.6 Å². The highest BCUT2D eigenvalue weighted by Gasteiger charge is 2.22. The number of nitrogens with one attached hydrogen (secondary N) is 2. The summed E-state index contributed by atoms with van der Waals surface area (Å²) in [5, 5.41) is 6.11. The number of rotatable bonds is 3. The molecule has 1 fully saturated rings. The van der Waals surface area contributed by atoms with Crippen molar-refractivity contribution in [2.24, 2.45) is 0 Å². The van der Waals surface area contributed by atoms with Gasteiger partial charge in [0.2, 0.25) is 0 Å². The molecule has 13 heavy (non-hydrogen) atoms. The van der Waals surface area contributed by atoms with Gasteiger partial charge in [0.15, 0.2) is 0 Å². The van der Waals surface area contributed by atoms with Crippen LogP contribution < -0.4 is 10.6 Å². The lowest BCUT2D eigenvalue weighted by atomic mass is 10.2. The highest BCUT2D eigenvalue weighted by Crippen LogP contribution is 2.05. The molecule has 2 N–H and O–H groups in total. The number of amides is 2. The number of carbonyl (C=O) groups excluding carboxylic acids is 1. The van der Waals surface area contributed by atoms with E-state index in [0.29, 0.717) is 6.04 Å². The Kier molecular flexibility index (Phi) is 4.02. The standard InChI is InChI=1S/C9H19N3O/c1-3-5-11-9(13)12(2)8-4-6-10-7-8/h8,10H,3-7H2,1-2H3,(H,11,13). The van der Waals surface area contributed by atoms with Gasteiger partial charge in [0.05, 0.1) is 0 Å². The first kappa shape index (κ1) is 10.3. The molecular weight excluding hydrogens is 166 g/mol. The topological polar surface area (TPSA) is 44.4 Å². The van der Waals surface area contributed by atoms with E-state index in [-0.39, 0.29) is 6.03 Å². The van der Waals surface area contributed by atoms with Gasteiger partial charge in [-0.2, -0.15) is 0 Å². The molecule has 0 spiro atoms. The molecule has 0 aliphatic carbocycles. The molecule has 1 aliphatic rings. The van der Waals surface area contributed by atoms with Gasteiger partial charge >= 0.3 is 6.03 Å². The molecule has 1 heterocycles. The monoisotopic (exact) mass is 185 g/mol. The van der Waals surface area contributed by atoms with Gasteiger partial charge in [-0.25, -0.2) is 4.79 Å².